The fourth-order valence-corrected chi connectivity index (χ4v) is 2.27. The van der Waals surface area contributed by atoms with Gasteiger partial charge in [-0.25, -0.2) is 0 Å². The van der Waals surface area contributed by atoms with E-state index in [0.717, 1.165) is 23.4 Å². The molecule has 1 fully saturated rings. The molecule has 2 rings (SSSR count). The van der Waals surface area contributed by atoms with Crippen LogP contribution in [0.3, 0.4) is 0 Å². The lowest BCUT2D eigenvalue weighted by molar-refractivity contribution is -0.165. The van der Waals surface area contributed by atoms with E-state index in [1.165, 1.54) is 5.06 Å². The first-order chi connectivity index (χ1) is 7.00. The van der Waals surface area contributed by atoms with Crippen molar-refractivity contribution in [1.29, 1.82) is 0 Å². The van der Waals surface area contributed by atoms with Gasteiger partial charge in [-0.3, -0.25) is 0 Å². The summed E-state index contributed by atoms with van der Waals surface area (Å²) in [4.78, 5) is 0. The van der Waals surface area contributed by atoms with Crippen molar-refractivity contribution in [3.8, 4) is 0 Å². The molecule has 1 aliphatic heterocycles. The third-order valence-electron chi connectivity index (χ3n) is 3.20. The summed E-state index contributed by atoms with van der Waals surface area (Å²) in [7, 11) is 0. The van der Waals surface area contributed by atoms with Gasteiger partial charge in [-0.15, -0.1) is 0 Å². The summed E-state index contributed by atoms with van der Waals surface area (Å²) in [6.45, 7) is 4.12. The van der Waals surface area contributed by atoms with Crippen molar-refractivity contribution in [1.82, 2.24) is 5.06 Å². The molecule has 1 aromatic carbocycles. The molecule has 1 atom stereocenters. The molecular weight excluding hydrogens is 210 g/mol. The number of rotatable bonds is 1. The average Bonchev–Trinajstić information content (AvgIpc) is 2.45. The largest absolute Gasteiger partial charge is 0.313 e. The summed E-state index contributed by atoms with van der Waals surface area (Å²) >= 11 is 5.83. The van der Waals surface area contributed by atoms with Gasteiger partial charge in [0.15, 0.2) is 0 Å². The van der Waals surface area contributed by atoms with Crippen molar-refractivity contribution in [3.63, 3.8) is 0 Å². The Morgan fingerprint density at radius 3 is 2.40 bits per heavy atom. The molecule has 15 heavy (non-hydrogen) atoms. The first-order valence-corrected chi connectivity index (χ1v) is 5.62. The minimum absolute atomic E-state index is 0.109. The van der Waals surface area contributed by atoms with Crippen LogP contribution in [-0.4, -0.2) is 15.8 Å². The van der Waals surface area contributed by atoms with Crippen LogP contribution in [0.2, 0.25) is 5.02 Å². The lowest BCUT2D eigenvalue weighted by atomic mass is 10.0. The molecule has 0 spiro atoms. The van der Waals surface area contributed by atoms with Crippen LogP contribution in [0, 0.1) is 0 Å². The highest BCUT2D eigenvalue weighted by atomic mass is 35.5. The van der Waals surface area contributed by atoms with Gasteiger partial charge in [-0.05, 0) is 44.4 Å². The topological polar surface area (TPSA) is 23.5 Å². The van der Waals surface area contributed by atoms with Crippen LogP contribution in [0.5, 0.6) is 0 Å². The monoisotopic (exact) mass is 225 g/mol. The molecule has 1 saturated heterocycles. The van der Waals surface area contributed by atoms with Crippen molar-refractivity contribution in [2.24, 2.45) is 0 Å². The summed E-state index contributed by atoms with van der Waals surface area (Å²) < 4.78 is 0. The second-order valence-corrected chi connectivity index (χ2v) is 5.20. The van der Waals surface area contributed by atoms with Crippen molar-refractivity contribution < 1.29 is 5.21 Å². The highest BCUT2D eigenvalue weighted by molar-refractivity contribution is 6.30. The first-order valence-electron chi connectivity index (χ1n) is 5.24. The fourth-order valence-electron chi connectivity index (χ4n) is 2.14. The molecule has 0 radical (unpaired) electrons. The van der Waals surface area contributed by atoms with Crippen molar-refractivity contribution in [3.05, 3.63) is 34.9 Å². The van der Waals surface area contributed by atoms with E-state index in [0.29, 0.717) is 0 Å². The number of halogens is 1. The van der Waals surface area contributed by atoms with E-state index in [2.05, 4.69) is 13.8 Å². The molecule has 1 aromatic rings. The van der Waals surface area contributed by atoms with Crippen LogP contribution < -0.4 is 0 Å². The Labute approximate surface area is 95.4 Å². The highest BCUT2D eigenvalue weighted by Crippen LogP contribution is 2.40. The zero-order chi connectivity index (χ0) is 11.1. The Morgan fingerprint density at radius 2 is 1.93 bits per heavy atom. The molecule has 1 N–H and O–H groups in total. The average molecular weight is 226 g/mol. The zero-order valence-electron chi connectivity index (χ0n) is 9.07. The molecule has 0 bridgehead atoms. The normalized spacial score (nSPS) is 25.7. The number of hydrogen-bond acceptors (Lipinski definition) is 2. The quantitative estimate of drug-likeness (QED) is 0.789. The van der Waals surface area contributed by atoms with Gasteiger partial charge in [0.05, 0.1) is 6.04 Å². The van der Waals surface area contributed by atoms with Crippen LogP contribution in [-0.2, 0) is 0 Å². The molecule has 1 unspecified atom stereocenters. The fraction of sp³-hybridized carbons (Fsp3) is 0.500. The molecule has 0 amide bonds. The Balaban J connectivity index is 2.23. The Bertz CT molecular complexity index is 347. The van der Waals surface area contributed by atoms with Crippen molar-refractivity contribution >= 4 is 11.6 Å². The molecule has 0 saturated carbocycles. The third kappa shape index (κ3) is 2.03. The predicted molar refractivity (Wildman–Crippen MR) is 61.1 cm³/mol. The molecule has 1 aliphatic rings. The Hall–Kier alpha value is -0.570. The summed E-state index contributed by atoms with van der Waals surface area (Å²) in [6, 6.07) is 7.82. The number of hydroxylamine groups is 2. The standard InChI is InChI=1S/C12H16ClNO/c1-12(2)8-7-11(14(12)15)9-3-5-10(13)6-4-9/h3-6,11,15H,7-8H2,1-2H3. The maximum absolute atomic E-state index is 10.0. The van der Waals surface area contributed by atoms with Gasteiger partial charge in [0.2, 0.25) is 0 Å². The molecule has 0 aromatic heterocycles. The van der Waals surface area contributed by atoms with Crippen LogP contribution >= 0.6 is 11.6 Å². The summed E-state index contributed by atoms with van der Waals surface area (Å²) in [5, 5.41) is 12.2. The first kappa shape index (κ1) is 10.9. The summed E-state index contributed by atoms with van der Waals surface area (Å²) in [6.07, 6.45) is 2.00. The van der Waals surface area contributed by atoms with Crippen molar-refractivity contribution in [2.45, 2.75) is 38.3 Å². The van der Waals surface area contributed by atoms with Gasteiger partial charge in [-0.1, -0.05) is 23.7 Å². The molecule has 2 nitrogen and oxygen atoms in total. The van der Waals surface area contributed by atoms with Gasteiger partial charge in [-0.2, -0.15) is 5.06 Å². The lowest BCUT2D eigenvalue weighted by Crippen LogP contribution is -2.36. The second kappa shape index (κ2) is 3.78. The van der Waals surface area contributed by atoms with E-state index >= 15 is 0 Å². The SMILES string of the molecule is CC1(C)CCC(c2ccc(Cl)cc2)N1O. The Morgan fingerprint density at radius 1 is 1.33 bits per heavy atom. The van der Waals surface area contributed by atoms with Crippen LogP contribution in [0.1, 0.15) is 38.3 Å². The van der Waals surface area contributed by atoms with Gasteiger partial charge in [0, 0.05) is 10.6 Å². The highest BCUT2D eigenvalue weighted by Gasteiger charge is 2.39. The van der Waals surface area contributed by atoms with E-state index in [1.54, 1.807) is 0 Å². The summed E-state index contributed by atoms with van der Waals surface area (Å²) in [5.41, 5.74) is 1.01. The number of hydrogen-bond donors (Lipinski definition) is 1. The number of nitrogens with zero attached hydrogens (tertiary/aromatic N) is 1. The lowest BCUT2D eigenvalue weighted by Gasteiger charge is -2.29. The van der Waals surface area contributed by atoms with E-state index in [-0.39, 0.29) is 11.6 Å². The molecule has 82 valence electrons. The van der Waals surface area contributed by atoms with Gasteiger partial charge < -0.3 is 5.21 Å². The minimum Gasteiger partial charge on any atom is -0.313 e. The maximum Gasteiger partial charge on any atom is 0.0606 e. The number of benzene rings is 1. The minimum atomic E-state index is -0.121. The third-order valence-corrected chi connectivity index (χ3v) is 3.45. The van der Waals surface area contributed by atoms with Gasteiger partial charge in [0.25, 0.3) is 0 Å². The maximum atomic E-state index is 10.0. The molecular formula is C12H16ClNO. The summed E-state index contributed by atoms with van der Waals surface area (Å²) in [5.74, 6) is 0. The van der Waals surface area contributed by atoms with Crippen LogP contribution in [0.25, 0.3) is 0 Å². The van der Waals surface area contributed by atoms with E-state index in [9.17, 15) is 5.21 Å². The van der Waals surface area contributed by atoms with E-state index in [4.69, 9.17) is 11.6 Å². The molecule has 3 heteroatoms. The van der Waals surface area contributed by atoms with Crippen LogP contribution in [0.15, 0.2) is 24.3 Å². The zero-order valence-corrected chi connectivity index (χ0v) is 9.83. The van der Waals surface area contributed by atoms with Crippen molar-refractivity contribution in [2.75, 3.05) is 0 Å². The predicted octanol–water partition coefficient (Wildman–Crippen LogP) is 3.64. The molecule has 0 aliphatic carbocycles. The van der Waals surface area contributed by atoms with Gasteiger partial charge in [0.1, 0.15) is 0 Å². The van der Waals surface area contributed by atoms with Crippen LogP contribution in [0.4, 0.5) is 0 Å². The smallest absolute Gasteiger partial charge is 0.0606 e. The van der Waals surface area contributed by atoms with Gasteiger partial charge >= 0.3 is 0 Å². The second-order valence-electron chi connectivity index (χ2n) is 4.76. The van der Waals surface area contributed by atoms with E-state index in [1.807, 2.05) is 24.3 Å². The Kier molecular flexibility index (Phi) is 2.75. The van der Waals surface area contributed by atoms with E-state index < -0.39 is 0 Å². The molecule has 1 heterocycles.